The lowest BCUT2D eigenvalue weighted by Crippen LogP contribution is -2.58. The Bertz CT molecular complexity index is 806. The van der Waals surface area contributed by atoms with Crippen molar-refractivity contribution in [1.29, 1.82) is 0 Å². The first-order chi connectivity index (χ1) is 16.6. The van der Waals surface area contributed by atoms with E-state index in [1.807, 2.05) is 6.26 Å². The second-order valence-corrected chi connectivity index (χ2v) is 9.63. The molecule has 0 saturated heterocycles. The van der Waals surface area contributed by atoms with Crippen LogP contribution in [0.1, 0.15) is 45.2 Å². The first kappa shape index (κ1) is 30.4. The summed E-state index contributed by atoms with van der Waals surface area (Å²) >= 11 is 1.51. The molecule has 0 spiro atoms. The van der Waals surface area contributed by atoms with E-state index < -0.39 is 47.9 Å². The molecule has 4 atom stereocenters. The molecule has 198 valence electrons. The second kappa shape index (κ2) is 16.1. The zero-order chi connectivity index (χ0) is 26.4. The number of nitrogens with two attached hydrogens (primary N) is 2. The first-order valence-corrected chi connectivity index (χ1v) is 13.1. The van der Waals surface area contributed by atoms with Crippen LogP contribution < -0.4 is 27.4 Å². The van der Waals surface area contributed by atoms with Gasteiger partial charge in [-0.2, -0.15) is 11.8 Å². The Morgan fingerprint density at radius 1 is 1.06 bits per heavy atom. The lowest BCUT2D eigenvalue weighted by molar-refractivity contribution is -0.142. The predicted molar refractivity (Wildman–Crippen MR) is 134 cm³/mol. The third kappa shape index (κ3) is 11.1. The van der Waals surface area contributed by atoms with Gasteiger partial charge in [0.05, 0.1) is 12.4 Å². The van der Waals surface area contributed by atoms with Crippen molar-refractivity contribution < 1.29 is 24.3 Å². The quantitative estimate of drug-likeness (QED) is 0.132. The first-order valence-electron chi connectivity index (χ1n) is 11.7. The highest BCUT2D eigenvalue weighted by atomic mass is 32.2. The van der Waals surface area contributed by atoms with Gasteiger partial charge in [0.25, 0.3) is 0 Å². The number of carbonyl (C=O) groups excluding carboxylic acids is 3. The van der Waals surface area contributed by atoms with Crippen molar-refractivity contribution in [3.05, 3.63) is 18.2 Å². The van der Waals surface area contributed by atoms with Crippen molar-refractivity contribution in [2.75, 3.05) is 18.6 Å². The number of aliphatic carboxylic acids is 1. The molecule has 1 rings (SSSR count). The lowest BCUT2D eigenvalue weighted by atomic mass is 10.0. The third-order valence-electron chi connectivity index (χ3n) is 5.38. The Balaban J connectivity index is 2.85. The minimum atomic E-state index is -1.15. The second-order valence-electron chi connectivity index (χ2n) is 8.64. The fraction of sp³-hybridized carbons (Fsp3) is 0.682. The molecule has 0 bridgehead atoms. The van der Waals surface area contributed by atoms with Gasteiger partial charge in [-0.1, -0.05) is 13.8 Å². The minimum Gasteiger partial charge on any atom is -0.480 e. The minimum absolute atomic E-state index is 0.223. The van der Waals surface area contributed by atoms with Gasteiger partial charge in [-0.05, 0) is 50.2 Å². The monoisotopic (exact) mass is 513 g/mol. The maximum atomic E-state index is 13.1. The summed E-state index contributed by atoms with van der Waals surface area (Å²) in [6.07, 6.45) is 6.91. The van der Waals surface area contributed by atoms with Crippen molar-refractivity contribution >= 4 is 35.5 Å². The smallest absolute Gasteiger partial charge is 0.326 e. The summed E-state index contributed by atoms with van der Waals surface area (Å²) in [7, 11) is 0. The fourth-order valence-electron chi connectivity index (χ4n) is 3.31. The van der Waals surface area contributed by atoms with Crippen LogP contribution in [-0.2, 0) is 25.6 Å². The molecular weight excluding hydrogens is 474 g/mol. The zero-order valence-electron chi connectivity index (χ0n) is 20.6. The number of thioether (sulfide) groups is 1. The molecule has 0 radical (unpaired) electrons. The SMILES string of the molecule is CSCCC(NC(=O)C(N)Cc1cnc[nH]1)C(=O)NC(C(=O)NC(CCCCN)C(=O)O)C(C)C. The number of aromatic amines is 1. The summed E-state index contributed by atoms with van der Waals surface area (Å²) in [5, 5.41) is 17.3. The number of H-pyrrole nitrogens is 1. The third-order valence-corrected chi connectivity index (χ3v) is 6.03. The number of hydrogen-bond donors (Lipinski definition) is 7. The number of nitrogens with one attached hydrogen (secondary N) is 4. The molecule has 9 N–H and O–H groups in total. The summed E-state index contributed by atoms with van der Waals surface area (Å²) in [5.74, 6) is -2.52. The highest BCUT2D eigenvalue weighted by Gasteiger charge is 2.31. The summed E-state index contributed by atoms with van der Waals surface area (Å²) in [4.78, 5) is 56.9. The Labute approximate surface area is 210 Å². The number of unbranched alkanes of at least 4 members (excludes halogenated alkanes) is 1. The van der Waals surface area contributed by atoms with E-state index in [0.29, 0.717) is 37.3 Å². The molecule has 0 fully saturated rings. The molecule has 12 nitrogen and oxygen atoms in total. The van der Waals surface area contributed by atoms with Gasteiger partial charge in [-0.25, -0.2) is 9.78 Å². The van der Waals surface area contributed by atoms with Gasteiger partial charge in [0.2, 0.25) is 17.7 Å². The average Bonchev–Trinajstić information content (AvgIpc) is 3.31. The molecule has 4 unspecified atom stereocenters. The van der Waals surface area contributed by atoms with Crippen LogP contribution in [0.25, 0.3) is 0 Å². The Morgan fingerprint density at radius 3 is 2.29 bits per heavy atom. The Morgan fingerprint density at radius 2 is 1.74 bits per heavy atom. The van der Waals surface area contributed by atoms with E-state index in [9.17, 15) is 24.3 Å². The number of imidazole rings is 1. The number of carboxylic acid groups (broad SMARTS) is 1. The van der Waals surface area contributed by atoms with Crippen LogP contribution in [0.15, 0.2) is 12.5 Å². The van der Waals surface area contributed by atoms with Gasteiger partial charge in [0.1, 0.15) is 18.1 Å². The van der Waals surface area contributed by atoms with Crippen LogP contribution >= 0.6 is 11.8 Å². The van der Waals surface area contributed by atoms with Crippen LogP contribution in [0, 0.1) is 5.92 Å². The van der Waals surface area contributed by atoms with Crippen molar-refractivity contribution in [3.8, 4) is 0 Å². The maximum Gasteiger partial charge on any atom is 0.326 e. The standard InChI is InChI=1S/C22H39N7O5S/c1-13(2)18(21(32)28-17(22(33)34)6-4-5-8-23)29-20(31)16(7-9-35-3)27-19(30)15(24)10-14-11-25-12-26-14/h11-13,15-18H,4-10,23-24H2,1-3H3,(H,25,26)(H,27,30)(H,28,32)(H,29,31)(H,33,34). The number of carboxylic acids is 1. The van der Waals surface area contributed by atoms with E-state index in [1.54, 1.807) is 20.0 Å². The fourth-order valence-corrected chi connectivity index (χ4v) is 3.78. The molecule has 1 aromatic rings. The Kier molecular flexibility index (Phi) is 14.0. The number of amides is 3. The van der Waals surface area contributed by atoms with E-state index in [4.69, 9.17) is 11.5 Å². The number of carbonyl (C=O) groups is 4. The largest absolute Gasteiger partial charge is 0.480 e. The van der Waals surface area contributed by atoms with E-state index in [2.05, 4.69) is 25.9 Å². The zero-order valence-corrected chi connectivity index (χ0v) is 21.4. The number of rotatable bonds is 17. The summed E-state index contributed by atoms with van der Waals surface area (Å²) in [5.41, 5.74) is 12.1. The van der Waals surface area contributed by atoms with E-state index >= 15 is 0 Å². The van der Waals surface area contributed by atoms with Gasteiger partial charge in [0.15, 0.2) is 0 Å². The molecule has 13 heteroatoms. The van der Waals surface area contributed by atoms with Crippen molar-refractivity contribution in [2.45, 2.75) is 70.1 Å². The van der Waals surface area contributed by atoms with Gasteiger partial charge >= 0.3 is 5.97 Å². The molecule has 3 amide bonds. The molecular formula is C22H39N7O5S. The summed E-state index contributed by atoms with van der Waals surface area (Å²) in [6, 6.07) is -3.86. The summed E-state index contributed by atoms with van der Waals surface area (Å²) in [6.45, 7) is 3.91. The van der Waals surface area contributed by atoms with Gasteiger partial charge in [-0.15, -0.1) is 0 Å². The molecule has 0 aliphatic carbocycles. The van der Waals surface area contributed by atoms with Gasteiger partial charge in [-0.3, -0.25) is 14.4 Å². The van der Waals surface area contributed by atoms with E-state index in [-0.39, 0.29) is 18.8 Å². The maximum absolute atomic E-state index is 13.1. The van der Waals surface area contributed by atoms with Crippen molar-refractivity contribution in [3.63, 3.8) is 0 Å². The van der Waals surface area contributed by atoms with Gasteiger partial charge in [0, 0.05) is 18.3 Å². The summed E-state index contributed by atoms with van der Waals surface area (Å²) < 4.78 is 0. The van der Waals surface area contributed by atoms with E-state index in [0.717, 1.165) is 0 Å². The number of aromatic nitrogens is 2. The highest BCUT2D eigenvalue weighted by Crippen LogP contribution is 2.08. The van der Waals surface area contributed by atoms with Gasteiger partial charge < -0.3 is 37.5 Å². The predicted octanol–water partition coefficient (Wildman–Crippen LogP) is -0.643. The van der Waals surface area contributed by atoms with Crippen LogP contribution in [0.5, 0.6) is 0 Å². The molecule has 0 aliphatic heterocycles. The topological polar surface area (TPSA) is 205 Å². The molecule has 1 heterocycles. The van der Waals surface area contributed by atoms with Crippen LogP contribution in [0.4, 0.5) is 0 Å². The average molecular weight is 514 g/mol. The Hall–Kier alpha value is -2.64. The van der Waals surface area contributed by atoms with Crippen LogP contribution in [0.2, 0.25) is 0 Å². The molecule has 1 aromatic heterocycles. The van der Waals surface area contributed by atoms with Crippen molar-refractivity contribution in [2.24, 2.45) is 17.4 Å². The molecule has 0 aliphatic rings. The normalized spacial score (nSPS) is 14.6. The highest BCUT2D eigenvalue weighted by molar-refractivity contribution is 7.98. The molecule has 0 saturated carbocycles. The van der Waals surface area contributed by atoms with E-state index in [1.165, 1.54) is 18.1 Å². The number of nitrogens with zero attached hydrogens (tertiary/aromatic N) is 1. The number of hydrogen-bond acceptors (Lipinski definition) is 8. The van der Waals surface area contributed by atoms with Crippen LogP contribution in [0.3, 0.4) is 0 Å². The van der Waals surface area contributed by atoms with Crippen molar-refractivity contribution in [1.82, 2.24) is 25.9 Å². The lowest BCUT2D eigenvalue weighted by Gasteiger charge is -2.27. The van der Waals surface area contributed by atoms with Crippen LogP contribution in [-0.4, -0.2) is 81.5 Å². The molecule has 0 aromatic carbocycles. The molecule has 35 heavy (non-hydrogen) atoms.